The van der Waals surface area contributed by atoms with Gasteiger partial charge in [-0.3, -0.25) is 4.72 Å². The first kappa shape index (κ1) is 14.6. The smallest absolute Gasteiger partial charge is 0.236 e. The van der Waals surface area contributed by atoms with Crippen LogP contribution >= 0.6 is 15.9 Å². The molecule has 7 heteroatoms. The predicted octanol–water partition coefficient (Wildman–Crippen LogP) is 1.95. The molecule has 0 spiro atoms. The third-order valence-electron chi connectivity index (χ3n) is 3.12. The fraction of sp³-hybridized carbons (Fsp3) is 0.500. The second kappa shape index (κ2) is 6.11. The molecule has 1 unspecified atom stereocenters. The summed E-state index contributed by atoms with van der Waals surface area (Å²) in [7, 11) is -1.83. The lowest BCUT2D eigenvalue weighted by Crippen LogP contribution is -2.41. The molecular formula is C12H17BrN2O3S. The number of benzene rings is 1. The summed E-state index contributed by atoms with van der Waals surface area (Å²) in [6.45, 7) is 1.38. The zero-order chi connectivity index (χ0) is 13.9. The third-order valence-corrected chi connectivity index (χ3v) is 5.59. The highest BCUT2D eigenvalue weighted by atomic mass is 79.9. The summed E-state index contributed by atoms with van der Waals surface area (Å²) in [5.41, 5.74) is 0.505. The number of nitrogens with one attached hydrogen (secondary N) is 2. The molecule has 19 heavy (non-hydrogen) atoms. The molecule has 0 bridgehead atoms. The molecule has 0 saturated carbocycles. The maximum absolute atomic E-state index is 12.3. The van der Waals surface area contributed by atoms with Crippen molar-refractivity contribution in [3.05, 3.63) is 22.7 Å². The van der Waals surface area contributed by atoms with Crippen molar-refractivity contribution >= 4 is 31.6 Å². The Labute approximate surface area is 121 Å². The highest BCUT2D eigenvalue weighted by molar-refractivity contribution is 9.10. The lowest BCUT2D eigenvalue weighted by atomic mass is 10.2. The molecule has 1 heterocycles. The summed E-state index contributed by atoms with van der Waals surface area (Å²) in [6, 6.07) is 5.19. The van der Waals surface area contributed by atoms with Crippen LogP contribution in [0, 0.1) is 0 Å². The molecule has 0 amide bonds. The van der Waals surface area contributed by atoms with E-state index in [-0.39, 0.29) is 5.25 Å². The van der Waals surface area contributed by atoms with E-state index >= 15 is 0 Å². The molecule has 2 rings (SSSR count). The largest absolute Gasteiger partial charge is 0.497 e. The maximum Gasteiger partial charge on any atom is 0.236 e. The van der Waals surface area contributed by atoms with Crippen LogP contribution in [0.2, 0.25) is 0 Å². The Bertz CT molecular complexity index is 542. The number of ether oxygens (including phenoxy) is 1. The number of anilines is 1. The summed E-state index contributed by atoms with van der Waals surface area (Å²) in [4.78, 5) is 0. The Morgan fingerprint density at radius 2 is 2.26 bits per heavy atom. The van der Waals surface area contributed by atoms with E-state index in [1.807, 2.05) is 0 Å². The molecule has 2 N–H and O–H groups in total. The molecule has 5 nitrogen and oxygen atoms in total. The normalized spacial score (nSPS) is 20.0. The molecule has 1 aromatic rings. The van der Waals surface area contributed by atoms with Gasteiger partial charge in [-0.2, -0.15) is 0 Å². The van der Waals surface area contributed by atoms with Crippen LogP contribution in [0.25, 0.3) is 0 Å². The topological polar surface area (TPSA) is 67.4 Å². The Hall–Kier alpha value is -0.790. The summed E-state index contributed by atoms with van der Waals surface area (Å²) in [5, 5.41) is 2.72. The Kier molecular flexibility index (Phi) is 4.70. The molecule has 1 fully saturated rings. The van der Waals surface area contributed by atoms with Gasteiger partial charge < -0.3 is 10.1 Å². The minimum atomic E-state index is -3.38. The van der Waals surface area contributed by atoms with Crippen molar-refractivity contribution in [1.82, 2.24) is 5.32 Å². The highest BCUT2D eigenvalue weighted by Crippen LogP contribution is 2.29. The van der Waals surface area contributed by atoms with Gasteiger partial charge in [0.25, 0.3) is 0 Å². The van der Waals surface area contributed by atoms with Crippen molar-refractivity contribution < 1.29 is 13.2 Å². The first-order chi connectivity index (χ1) is 9.03. The van der Waals surface area contributed by atoms with E-state index in [2.05, 4.69) is 26.0 Å². The van der Waals surface area contributed by atoms with Gasteiger partial charge >= 0.3 is 0 Å². The van der Waals surface area contributed by atoms with Crippen LogP contribution in [-0.2, 0) is 10.0 Å². The first-order valence-corrected chi connectivity index (χ1v) is 8.43. The van der Waals surface area contributed by atoms with Gasteiger partial charge in [-0.1, -0.05) is 0 Å². The fourth-order valence-corrected chi connectivity index (χ4v) is 3.96. The van der Waals surface area contributed by atoms with E-state index in [4.69, 9.17) is 4.74 Å². The maximum atomic E-state index is 12.3. The molecule has 106 valence electrons. The fourth-order valence-electron chi connectivity index (χ4n) is 2.03. The monoisotopic (exact) mass is 348 g/mol. The van der Waals surface area contributed by atoms with Crippen molar-refractivity contribution in [3.8, 4) is 5.75 Å². The van der Waals surface area contributed by atoms with E-state index in [1.54, 1.807) is 25.3 Å². The van der Waals surface area contributed by atoms with Gasteiger partial charge in [0.05, 0.1) is 18.0 Å². The SMILES string of the molecule is COc1ccc(Br)c(NS(=O)(=O)C2CCCNC2)c1. The predicted molar refractivity (Wildman–Crippen MR) is 79.1 cm³/mol. The van der Waals surface area contributed by atoms with Gasteiger partial charge in [0, 0.05) is 17.1 Å². The lowest BCUT2D eigenvalue weighted by molar-refractivity contribution is 0.415. The van der Waals surface area contributed by atoms with Crippen LogP contribution in [0.15, 0.2) is 22.7 Å². The standard InChI is InChI=1S/C12H17BrN2O3S/c1-18-9-4-5-11(13)12(7-9)15-19(16,17)10-3-2-6-14-8-10/h4-5,7,10,14-15H,2-3,6,8H2,1H3. The van der Waals surface area contributed by atoms with Gasteiger partial charge in [-0.05, 0) is 47.4 Å². The molecule has 1 atom stereocenters. The van der Waals surface area contributed by atoms with E-state index in [0.29, 0.717) is 28.9 Å². The van der Waals surface area contributed by atoms with Crippen molar-refractivity contribution in [2.24, 2.45) is 0 Å². The lowest BCUT2D eigenvalue weighted by Gasteiger charge is -2.23. The van der Waals surface area contributed by atoms with E-state index < -0.39 is 10.0 Å². The Morgan fingerprint density at radius 1 is 1.47 bits per heavy atom. The minimum Gasteiger partial charge on any atom is -0.497 e. The molecule has 1 aliphatic heterocycles. The number of hydrogen-bond donors (Lipinski definition) is 2. The zero-order valence-electron chi connectivity index (χ0n) is 10.6. The third kappa shape index (κ3) is 3.61. The van der Waals surface area contributed by atoms with Crippen LogP contribution in [-0.4, -0.2) is 33.9 Å². The first-order valence-electron chi connectivity index (χ1n) is 6.09. The Balaban J connectivity index is 2.19. The zero-order valence-corrected chi connectivity index (χ0v) is 13.1. The van der Waals surface area contributed by atoms with Gasteiger partial charge in [0.2, 0.25) is 10.0 Å². The van der Waals surface area contributed by atoms with E-state index in [0.717, 1.165) is 13.0 Å². The van der Waals surface area contributed by atoms with Gasteiger partial charge in [0.15, 0.2) is 0 Å². The number of rotatable bonds is 4. The van der Waals surface area contributed by atoms with Crippen molar-refractivity contribution in [2.75, 3.05) is 24.9 Å². The van der Waals surface area contributed by atoms with Crippen LogP contribution in [0.1, 0.15) is 12.8 Å². The molecular weight excluding hydrogens is 332 g/mol. The second-order valence-electron chi connectivity index (χ2n) is 4.46. The summed E-state index contributed by atoms with van der Waals surface area (Å²) in [5.74, 6) is 0.614. The average molecular weight is 349 g/mol. The number of halogens is 1. The molecule has 1 aromatic carbocycles. The van der Waals surface area contributed by atoms with Gasteiger partial charge in [-0.25, -0.2) is 8.42 Å². The van der Waals surface area contributed by atoms with Crippen LogP contribution in [0.4, 0.5) is 5.69 Å². The van der Waals surface area contributed by atoms with E-state index in [1.165, 1.54) is 0 Å². The van der Waals surface area contributed by atoms with Gasteiger partial charge in [-0.15, -0.1) is 0 Å². The number of sulfonamides is 1. The second-order valence-corrected chi connectivity index (χ2v) is 7.28. The van der Waals surface area contributed by atoms with Crippen molar-refractivity contribution in [1.29, 1.82) is 0 Å². The van der Waals surface area contributed by atoms with Crippen LogP contribution in [0.3, 0.4) is 0 Å². The molecule has 0 aliphatic carbocycles. The van der Waals surface area contributed by atoms with Crippen LogP contribution in [0.5, 0.6) is 5.75 Å². The Morgan fingerprint density at radius 3 is 2.89 bits per heavy atom. The number of hydrogen-bond acceptors (Lipinski definition) is 4. The molecule has 0 radical (unpaired) electrons. The quantitative estimate of drug-likeness (QED) is 0.872. The van der Waals surface area contributed by atoms with Crippen molar-refractivity contribution in [3.63, 3.8) is 0 Å². The van der Waals surface area contributed by atoms with Crippen molar-refractivity contribution in [2.45, 2.75) is 18.1 Å². The summed E-state index contributed by atoms with van der Waals surface area (Å²) < 4.78 is 33.0. The minimum absolute atomic E-state index is 0.389. The molecule has 1 saturated heterocycles. The average Bonchev–Trinajstić information content (AvgIpc) is 2.42. The van der Waals surface area contributed by atoms with Crippen LogP contribution < -0.4 is 14.8 Å². The van der Waals surface area contributed by atoms with E-state index in [9.17, 15) is 8.42 Å². The molecule has 0 aromatic heterocycles. The number of piperidine rings is 1. The molecule has 1 aliphatic rings. The number of methoxy groups -OCH3 is 1. The summed E-state index contributed by atoms with van der Waals surface area (Å²) >= 11 is 3.34. The summed E-state index contributed by atoms with van der Waals surface area (Å²) in [6.07, 6.45) is 1.56. The van der Waals surface area contributed by atoms with Gasteiger partial charge in [0.1, 0.15) is 5.75 Å². The highest BCUT2D eigenvalue weighted by Gasteiger charge is 2.27.